The molecule has 3 heterocycles. The average Bonchev–Trinajstić information content (AvgIpc) is 3.85. The molecular formula is C50H60N10O9S. The third kappa shape index (κ3) is 17.5. The number of unbranched alkanes of at least 4 members (excludes halogenated alkanes) is 1. The van der Waals surface area contributed by atoms with Gasteiger partial charge in [-0.15, -0.1) is 10.2 Å². The van der Waals surface area contributed by atoms with Gasteiger partial charge in [-0.2, -0.15) is 18.3 Å². The monoisotopic (exact) mass is 976 g/mol. The molecule has 0 atom stereocenters. The van der Waals surface area contributed by atoms with E-state index in [1.807, 2.05) is 54.6 Å². The molecule has 19 nitrogen and oxygen atoms in total. The summed E-state index contributed by atoms with van der Waals surface area (Å²) in [6.45, 7) is 8.01. The van der Waals surface area contributed by atoms with Crippen molar-refractivity contribution < 1.29 is 41.5 Å². The second-order valence-electron chi connectivity index (χ2n) is 16.6. The first-order valence-electron chi connectivity index (χ1n) is 23.1. The number of carbonyl (C=O) groups excluding carboxylic acids is 2. The minimum atomic E-state index is -4.40. The lowest BCUT2D eigenvalue weighted by atomic mass is 9.86. The van der Waals surface area contributed by atoms with Gasteiger partial charge in [-0.25, -0.2) is 9.97 Å². The number of amides is 2. The third-order valence-electron chi connectivity index (χ3n) is 10.7. The Balaban J connectivity index is 0.745. The molecule has 3 aromatic carbocycles. The number of rotatable bonds is 30. The van der Waals surface area contributed by atoms with Crippen LogP contribution in [0.1, 0.15) is 67.7 Å². The summed E-state index contributed by atoms with van der Waals surface area (Å²) in [5, 5.41) is 22.5. The van der Waals surface area contributed by atoms with E-state index in [2.05, 4.69) is 73.6 Å². The number of benzene rings is 3. The van der Waals surface area contributed by atoms with Gasteiger partial charge in [0.05, 0.1) is 50.5 Å². The van der Waals surface area contributed by atoms with Crippen LogP contribution in [-0.4, -0.2) is 121 Å². The predicted molar refractivity (Wildman–Crippen MR) is 264 cm³/mol. The summed E-state index contributed by atoms with van der Waals surface area (Å²) in [4.78, 5) is 35.0. The van der Waals surface area contributed by atoms with E-state index in [1.54, 1.807) is 18.2 Å². The fraction of sp³-hybridized carbons (Fsp3) is 0.360. The quantitative estimate of drug-likeness (QED) is 0.0165. The molecule has 0 aliphatic carbocycles. The topological polar surface area (TPSA) is 243 Å². The van der Waals surface area contributed by atoms with E-state index >= 15 is 0 Å². The second kappa shape index (κ2) is 27.3. The molecule has 370 valence electrons. The van der Waals surface area contributed by atoms with Gasteiger partial charge < -0.3 is 29.6 Å². The molecule has 0 unspecified atom stereocenters. The van der Waals surface area contributed by atoms with Crippen molar-refractivity contribution in [3.8, 4) is 28.3 Å². The highest BCUT2D eigenvalue weighted by molar-refractivity contribution is 7.86. The number of anilines is 1. The maximum absolute atomic E-state index is 12.6. The van der Waals surface area contributed by atoms with Crippen LogP contribution in [0.3, 0.4) is 0 Å². The molecule has 70 heavy (non-hydrogen) atoms. The SMILES string of the molecule is CC(C)(CCCCOc1cc(-c2ccccc2)cc(-c2ccccc2)n1)c1nnn(CC(=O)NCCCOCCOCCOCCCNC(=O)c2ccc(N/N=C\c3ccccc3S(=O)(=O)O)nc2)n1. The van der Waals surface area contributed by atoms with Crippen molar-refractivity contribution in [3.05, 3.63) is 132 Å². The third-order valence-corrected chi connectivity index (χ3v) is 11.6. The van der Waals surface area contributed by atoms with Gasteiger partial charge in [-0.1, -0.05) is 92.7 Å². The Hall–Kier alpha value is -6.97. The standard InChI is InChI=1S/C50H60N10O9S/c1-50(2,23-11-12-28-69-47-34-42(38-15-5-3-6-16-38)33-43(55-47)39-17-7-4-8-18-39)49-57-59-60(58-49)37-46(61)51-24-13-26-66-29-31-68-32-30-67-27-14-25-52-48(62)41-21-22-45(53-35-41)56-54-36-40-19-9-10-20-44(40)70(63,64)65/h3-10,15-22,33-36H,11-14,23-32,37H2,1-2H3,(H,51,61)(H,52,62)(H,53,56)(H,63,64,65)/b54-36-. The summed E-state index contributed by atoms with van der Waals surface area (Å²) in [6, 6.07) is 33.4. The lowest BCUT2D eigenvalue weighted by Crippen LogP contribution is -2.30. The predicted octanol–water partition coefficient (Wildman–Crippen LogP) is 6.39. The lowest BCUT2D eigenvalue weighted by molar-refractivity contribution is -0.122. The minimum Gasteiger partial charge on any atom is -0.478 e. The van der Waals surface area contributed by atoms with Crippen LogP contribution < -0.4 is 20.8 Å². The number of nitrogens with one attached hydrogen (secondary N) is 3. The number of ether oxygens (including phenoxy) is 4. The highest BCUT2D eigenvalue weighted by Gasteiger charge is 2.26. The number of nitrogens with zero attached hydrogens (tertiary/aromatic N) is 7. The van der Waals surface area contributed by atoms with Gasteiger partial charge in [-0.3, -0.25) is 19.6 Å². The summed E-state index contributed by atoms with van der Waals surface area (Å²) in [5.41, 5.74) is 6.90. The van der Waals surface area contributed by atoms with Crippen molar-refractivity contribution in [2.24, 2.45) is 5.10 Å². The van der Waals surface area contributed by atoms with Crippen LogP contribution in [-0.2, 0) is 41.1 Å². The molecule has 2 amide bonds. The number of hydrazone groups is 1. The molecular weight excluding hydrogens is 917 g/mol. The summed E-state index contributed by atoms with van der Waals surface area (Å²) in [5.74, 6) is 1.000. The van der Waals surface area contributed by atoms with Crippen LogP contribution in [0.5, 0.6) is 5.88 Å². The Bertz CT molecular complexity index is 2630. The summed E-state index contributed by atoms with van der Waals surface area (Å²) >= 11 is 0. The van der Waals surface area contributed by atoms with Gasteiger partial charge >= 0.3 is 0 Å². The molecule has 6 aromatic rings. The number of hydrogen-bond donors (Lipinski definition) is 4. The summed E-state index contributed by atoms with van der Waals surface area (Å²) in [6.07, 6.45) is 6.38. The molecule has 3 aromatic heterocycles. The van der Waals surface area contributed by atoms with Gasteiger partial charge in [0, 0.05) is 55.1 Å². The zero-order chi connectivity index (χ0) is 49.4. The van der Waals surface area contributed by atoms with Gasteiger partial charge in [0.15, 0.2) is 5.82 Å². The molecule has 0 bridgehead atoms. The Morgan fingerprint density at radius 2 is 1.40 bits per heavy atom. The first-order valence-corrected chi connectivity index (χ1v) is 24.5. The van der Waals surface area contributed by atoms with Crippen molar-refractivity contribution in [3.63, 3.8) is 0 Å². The van der Waals surface area contributed by atoms with Gasteiger partial charge in [0.25, 0.3) is 16.0 Å². The van der Waals surface area contributed by atoms with Gasteiger partial charge in [0.1, 0.15) is 17.3 Å². The zero-order valence-corrected chi connectivity index (χ0v) is 40.2. The van der Waals surface area contributed by atoms with Crippen molar-refractivity contribution in [1.82, 2.24) is 40.8 Å². The number of tetrazole rings is 1. The van der Waals surface area contributed by atoms with Crippen LogP contribution in [0.2, 0.25) is 0 Å². The molecule has 0 fully saturated rings. The van der Waals surface area contributed by atoms with Crippen LogP contribution in [0, 0.1) is 0 Å². The Labute approximate surface area is 408 Å². The largest absolute Gasteiger partial charge is 0.478 e. The van der Waals surface area contributed by atoms with E-state index in [1.165, 1.54) is 35.4 Å². The van der Waals surface area contributed by atoms with E-state index in [4.69, 9.17) is 23.9 Å². The van der Waals surface area contributed by atoms with Crippen LogP contribution >= 0.6 is 0 Å². The van der Waals surface area contributed by atoms with Crippen molar-refractivity contribution in [2.45, 2.75) is 62.8 Å². The van der Waals surface area contributed by atoms with E-state index in [-0.39, 0.29) is 34.2 Å². The van der Waals surface area contributed by atoms with Crippen LogP contribution in [0.4, 0.5) is 5.82 Å². The van der Waals surface area contributed by atoms with E-state index in [0.717, 1.165) is 41.6 Å². The molecule has 6 rings (SSSR count). The second-order valence-corrected chi connectivity index (χ2v) is 18.0. The molecule has 0 saturated heterocycles. The van der Waals surface area contributed by atoms with Gasteiger partial charge in [-0.05, 0) is 72.7 Å². The highest BCUT2D eigenvalue weighted by Crippen LogP contribution is 2.30. The lowest BCUT2D eigenvalue weighted by Gasteiger charge is -2.20. The number of aromatic nitrogens is 6. The maximum atomic E-state index is 12.6. The molecule has 0 radical (unpaired) electrons. The number of pyridine rings is 2. The summed E-state index contributed by atoms with van der Waals surface area (Å²) in [7, 11) is -4.40. The molecule has 0 spiro atoms. The number of hydrogen-bond acceptors (Lipinski definition) is 15. The Kier molecular flexibility index (Phi) is 20.4. The van der Waals surface area contributed by atoms with Crippen molar-refractivity contribution >= 4 is 34.0 Å². The first-order chi connectivity index (χ1) is 33.9. The van der Waals surface area contributed by atoms with Crippen LogP contribution in [0.25, 0.3) is 22.4 Å². The fourth-order valence-electron chi connectivity index (χ4n) is 6.86. The zero-order valence-electron chi connectivity index (χ0n) is 39.4. The Morgan fingerprint density at radius 1 is 0.743 bits per heavy atom. The summed E-state index contributed by atoms with van der Waals surface area (Å²) < 4.78 is 55.3. The van der Waals surface area contributed by atoms with Crippen molar-refractivity contribution in [1.29, 1.82) is 0 Å². The maximum Gasteiger partial charge on any atom is 0.295 e. The van der Waals surface area contributed by atoms with E-state index < -0.39 is 10.1 Å². The molecule has 20 heteroatoms. The minimum absolute atomic E-state index is 0.0315. The molecule has 4 N–H and O–H groups in total. The van der Waals surface area contributed by atoms with E-state index in [0.29, 0.717) is 95.3 Å². The number of carbonyl (C=O) groups is 2. The van der Waals surface area contributed by atoms with Gasteiger partial charge in [0.2, 0.25) is 11.8 Å². The Morgan fingerprint density at radius 3 is 2.09 bits per heavy atom. The van der Waals surface area contributed by atoms with Crippen LogP contribution in [0.15, 0.2) is 125 Å². The van der Waals surface area contributed by atoms with E-state index in [9.17, 15) is 22.6 Å². The smallest absolute Gasteiger partial charge is 0.295 e. The fourth-order valence-corrected chi connectivity index (χ4v) is 7.53. The normalized spacial score (nSPS) is 11.7. The first kappa shape index (κ1) is 52.4. The molecule has 0 aliphatic rings. The molecule has 0 saturated carbocycles. The molecule has 0 aliphatic heterocycles. The van der Waals surface area contributed by atoms with Crippen molar-refractivity contribution in [2.75, 3.05) is 64.8 Å². The average molecular weight is 977 g/mol. The highest BCUT2D eigenvalue weighted by atomic mass is 32.2.